The highest BCUT2D eigenvalue weighted by Crippen LogP contribution is 2.43. The first-order valence-corrected chi connectivity index (χ1v) is 8.45. The largest absolute Gasteiger partial charge is 0.380 e. The number of unbranched alkanes of at least 4 members (excludes halogenated alkanes) is 1. The lowest BCUT2D eigenvalue weighted by molar-refractivity contribution is 0.0659. The number of benzene rings is 1. The first-order valence-electron chi connectivity index (χ1n) is 8.45. The number of allylic oxidation sites excluding steroid dienone is 2. The van der Waals surface area contributed by atoms with Gasteiger partial charge in [-0.1, -0.05) is 36.3 Å². The fourth-order valence-corrected chi connectivity index (χ4v) is 3.58. The van der Waals surface area contributed by atoms with Gasteiger partial charge < -0.3 is 10.4 Å². The van der Waals surface area contributed by atoms with Gasteiger partial charge in [-0.2, -0.15) is 0 Å². The van der Waals surface area contributed by atoms with E-state index in [1.54, 1.807) is 0 Å². The Labute approximate surface area is 140 Å². The Hall–Kier alpha value is -1.82. The van der Waals surface area contributed by atoms with Gasteiger partial charge >= 0.3 is 0 Å². The molecule has 122 valence electrons. The number of aryl methyl sites for hydroxylation is 1. The molecule has 1 aliphatic carbocycles. The molecule has 1 aliphatic rings. The van der Waals surface area contributed by atoms with Crippen molar-refractivity contribution in [2.75, 3.05) is 13.6 Å². The molecule has 0 fully saturated rings. The highest BCUT2D eigenvalue weighted by Gasteiger charge is 2.37. The molecule has 1 aromatic carbocycles. The Morgan fingerprint density at radius 1 is 1.30 bits per heavy atom. The van der Waals surface area contributed by atoms with Crippen LogP contribution in [0.3, 0.4) is 0 Å². The van der Waals surface area contributed by atoms with Gasteiger partial charge in [-0.15, -0.1) is 6.42 Å². The summed E-state index contributed by atoms with van der Waals surface area (Å²) in [6.07, 6.45) is 13.9. The molecule has 2 rings (SSSR count). The molecule has 0 aliphatic heterocycles. The third-order valence-corrected chi connectivity index (χ3v) is 4.68. The standard InChI is InChI=1S/C21H27NO/c1-4-10-17-13-14-18-11-6-7-12-20(18)21(23,19(17)5-2)15-8-9-16-22-3/h1,5-7,10-12,22-23H,8-9,13-16H2,2-3H3/b17-10-,19-5+. The molecule has 0 saturated heterocycles. The highest BCUT2D eigenvalue weighted by atomic mass is 16.3. The zero-order valence-corrected chi connectivity index (χ0v) is 14.2. The van der Waals surface area contributed by atoms with Gasteiger partial charge in [0.1, 0.15) is 5.60 Å². The average molecular weight is 309 g/mol. The summed E-state index contributed by atoms with van der Waals surface area (Å²) in [4.78, 5) is 0. The fraction of sp³-hybridized carbons (Fsp3) is 0.429. The summed E-state index contributed by atoms with van der Waals surface area (Å²) >= 11 is 0. The lowest BCUT2D eigenvalue weighted by Crippen LogP contribution is -2.29. The summed E-state index contributed by atoms with van der Waals surface area (Å²) in [6.45, 7) is 2.96. The third-order valence-electron chi connectivity index (χ3n) is 4.68. The van der Waals surface area contributed by atoms with E-state index < -0.39 is 5.60 Å². The van der Waals surface area contributed by atoms with Crippen LogP contribution < -0.4 is 5.32 Å². The van der Waals surface area contributed by atoms with Crippen molar-refractivity contribution in [3.8, 4) is 12.3 Å². The second-order valence-electron chi connectivity index (χ2n) is 6.12. The van der Waals surface area contributed by atoms with Gasteiger partial charge in [0.25, 0.3) is 0 Å². The SMILES string of the molecule is C#C/C=C1/CCc2ccccc2C(O)(CCCCNC)/C1=C/C. The summed E-state index contributed by atoms with van der Waals surface area (Å²) in [5, 5.41) is 14.8. The van der Waals surface area contributed by atoms with Gasteiger partial charge in [-0.05, 0) is 81.0 Å². The van der Waals surface area contributed by atoms with E-state index in [0.29, 0.717) is 6.42 Å². The predicted octanol–water partition coefficient (Wildman–Crippen LogP) is 3.72. The summed E-state index contributed by atoms with van der Waals surface area (Å²) < 4.78 is 0. The predicted molar refractivity (Wildman–Crippen MR) is 97.1 cm³/mol. The van der Waals surface area contributed by atoms with Crippen LogP contribution in [0.15, 0.2) is 47.6 Å². The van der Waals surface area contributed by atoms with E-state index in [2.05, 4.69) is 23.4 Å². The first kappa shape index (κ1) is 17.5. The summed E-state index contributed by atoms with van der Waals surface area (Å²) in [5.74, 6) is 2.65. The average Bonchev–Trinajstić information content (AvgIpc) is 2.68. The Kier molecular flexibility index (Phi) is 6.21. The highest BCUT2D eigenvalue weighted by molar-refractivity contribution is 5.51. The molecule has 2 nitrogen and oxygen atoms in total. The minimum Gasteiger partial charge on any atom is -0.380 e. The molecule has 1 aromatic rings. The molecule has 2 N–H and O–H groups in total. The molecule has 23 heavy (non-hydrogen) atoms. The Bertz CT molecular complexity index is 635. The van der Waals surface area contributed by atoms with Crippen molar-refractivity contribution in [3.63, 3.8) is 0 Å². The normalized spacial score (nSPS) is 24.3. The molecule has 1 atom stereocenters. The molecule has 0 saturated carbocycles. The number of nitrogens with one attached hydrogen (secondary N) is 1. The molecule has 2 heteroatoms. The number of rotatable bonds is 5. The number of fused-ring (bicyclic) bond motifs is 1. The van der Waals surface area contributed by atoms with E-state index in [-0.39, 0.29) is 0 Å². The fourth-order valence-electron chi connectivity index (χ4n) is 3.58. The monoisotopic (exact) mass is 309 g/mol. The van der Waals surface area contributed by atoms with Gasteiger partial charge in [-0.25, -0.2) is 0 Å². The van der Waals surface area contributed by atoms with E-state index in [9.17, 15) is 5.11 Å². The second-order valence-corrected chi connectivity index (χ2v) is 6.12. The van der Waals surface area contributed by atoms with Gasteiger partial charge in [0.2, 0.25) is 0 Å². The number of hydrogen-bond donors (Lipinski definition) is 2. The van der Waals surface area contributed by atoms with Crippen LogP contribution in [0, 0.1) is 12.3 Å². The van der Waals surface area contributed by atoms with E-state index in [4.69, 9.17) is 6.42 Å². The van der Waals surface area contributed by atoms with Crippen LogP contribution in [-0.4, -0.2) is 18.7 Å². The van der Waals surface area contributed by atoms with E-state index >= 15 is 0 Å². The van der Waals surface area contributed by atoms with Gasteiger partial charge in [0.15, 0.2) is 0 Å². The van der Waals surface area contributed by atoms with E-state index in [1.165, 1.54) is 5.56 Å². The van der Waals surface area contributed by atoms with Crippen LogP contribution in [0.1, 0.15) is 43.7 Å². The maximum Gasteiger partial charge on any atom is 0.115 e. The molecule has 0 spiro atoms. The van der Waals surface area contributed by atoms with Crippen molar-refractivity contribution in [1.82, 2.24) is 5.32 Å². The van der Waals surface area contributed by atoms with Crippen LogP contribution in [0.4, 0.5) is 0 Å². The summed E-state index contributed by atoms with van der Waals surface area (Å²) in [6, 6.07) is 8.25. The maximum absolute atomic E-state index is 11.7. The van der Waals surface area contributed by atoms with Crippen LogP contribution in [0.2, 0.25) is 0 Å². The zero-order valence-electron chi connectivity index (χ0n) is 14.2. The van der Waals surface area contributed by atoms with Gasteiger partial charge in [0, 0.05) is 0 Å². The maximum atomic E-state index is 11.7. The van der Waals surface area contributed by atoms with Crippen molar-refractivity contribution in [2.24, 2.45) is 0 Å². The molecule has 0 bridgehead atoms. The number of aliphatic hydroxyl groups is 1. The molecule has 0 aromatic heterocycles. The Balaban J connectivity index is 2.46. The molecule has 1 unspecified atom stereocenters. The summed E-state index contributed by atoms with van der Waals surface area (Å²) in [7, 11) is 1.96. The van der Waals surface area contributed by atoms with Gasteiger partial charge in [-0.3, -0.25) is 0 Å². The van der Waals surface area contributed by atoms with Crippen LogP contribution in [0.25, 0.3) is 0 Å². The second kappa shape index (κ2) is 8.15. The van der Waals surface area contributed by atoms with Crippen molar-refractivity contribution < 1.29 is 5.11 Å². The smallest absolute Gasteiger partial charge is 0.115 e. The third kappa shape index (κ3) is 3.75. The lowest BCUT2D eigenvalue weighted by atomic mass is 9.78. The molecular formula is C21H27NO. The first-order chi connectivity index (χ1) is 11.2. The molecular weight excluding hydrogens is 282 g/mol. The topological polar surface area (TPSA) is 32.3 Å². The lowest BCUT2D eigenvalue weighted by Gasteiger charge is -2.32. The van der Waals surface area contributed by atoms with Crippen molar-refractivity contribution in [2.45, 2.75) is 44.6 Å². The minimum absolute atomic E-state index is 0.716. The molecule has 0 amide bonds. The Morgan fingerprint density at radius 2 is 2.09 bits per heavy atom. The zero-order chi connectivity index (χ0) is 16.7. The molecule has 0 heterocycles. The van der Waals surface area contributed by atoms with E-state index in [1.807, 2.05) is 38.3 Å². The number of hydrogen-bond acceptors (Lipinski definition) is 2. The van der Waals surface area contributed by atoms with E-state index in [0.717, 1.165) is 48.9 Å². The Morgan fingerprint density at radius 3 is 2.78 bits per heavy atom. The van der Waals surface area contributed by atoms with Crippen LogP contribution in [-0.2, 0) is 12.0 Å². The van der Waals surface area contributed by atoms with Crippen molar-refractivity contribution in [1.29, 1.82) is 0 Å². The van der Waals surface area contributed by atoms with Gasteiger partial charge in [0.05, 0.1) is 0 Å². The summed E-state index contributed by atoms with van der Waals surface area (Å²) in [5.41, 5.74) is 3.38. The molecule has 0 radical (unpaired) electrons. The minimum atomic E-state index is -0.946. The van der Waals surface area contributed by atoms with Crippen LogP contribution >= 0.6 is 0 Å². The quantitative estimate of drug-likeness (QED) is 0.494. The van der Waals surface area contributed by atoms with Crippen LogP contribution in [0.5, 0.6) is 0 Å². The van der Waals surface area contributed by atoms with Crippen molar-refractivity contribution >= 4 is 0 Å². The number of terminal acetylenes is 1. The van der Waals surface area contributed by atoms with Crippen molar-refractivity contribution in [3.05, 3.63) is 58.7 Å².